The molecule has 1 N–H and O–H groups in total. The number of halogens is 1. The molecule has 1 saturated heterocycles. The Balaban J connectivity index is 1.66. The number of para-hydroxylation sites is 1. The van der Waals surface area contributed by atoms with Crippen LogP contribution in [0.25, 0.3) is 0 Å². The van der Waals surface area contributed by atoms with Crippen LogP contribution in [0.4, 0.5) is 15.8 Å². The molecular formula is C19H21FN4O. The number of aromatic nitrogens is 1. The fourth-order valence-corrected chi connectivity index (χ4v) is 2.91. The molecule has 1 aliphatic rings. The standard InChI is InChI=1S/C19H21FN4O/c1-2-7-22-19(25)15-12-16(14-21-13-15)23-8-10-24(11-9-23)18-6-4-3-5-17(18)20/h2-6,12-14H,1,7-11H2,(H,22,25). The average molecular weight is 340 g/mol. The van der Waals surface area contributed by atoms with Gasteiger partial charge in [0, 0.05) is 38.9 Å². The molecule has 0 atom stereocenters. The van der Waals surface area contributed by atoms with Gasteiger partial charge in [0.2, 0.25) is 0 Å². The second-order valence-electron chi connectivity index (χ2n) is 5.86. The summed E-state index contributed by atoms with van der Waals surface area (Å²) in [6, 6.07) is 8.67. The fourth-order valence-electron chi connectivity index (χ4n) is 2.91. The van der Waals surface area contributed by atoms with Gasteiger partial charge in [-0.3, -0.25) is 9.78 Å². The van der Waals surface area contributed by atoms with Crippen molar-refractivity contribution < 1.29 is 9.18 Å². The Labute approximate surface area is 146 Å². The first-order chi connectivity index (χ1) is 12.2. The van der Waals surface area contributed by atoms with Crippen LogP contribution in [0.5, 0.6) is 0 Å². The lowest BCUT2D eigenvalue weighted by molar-refractivity contribution is 0.0957. The van der Waals surface area contributed by atoms with Gasteiger partial charge in [-0.15, -0.1) is 6.58 Å². The van der Waals surface area contributed by atoms with Gasteiger partial charge in [0.25, 0.3) is 5.91 Å². The molecule has 6 heteroatoms. The van der Waals surface area contributed by atoms with Crippen molar-refractivity contribution in [2.75, 3.05) is 42.5 Å². The van der Waals surface area contributed by atoms with E-state index in [0.717, 1.165) is 18.8 Å². The van der Waals surface area contributed by atoms with Crippen LogP contribution in [-0.2, 0) is 0 Å². The molecule has 1 aromatic carbocycles. The normalized spacial score (nSPS) is 14.3. The summed E-state index contributed by atoms with van der Waals surface area (Å²) in [5.41, 5.74) is 2.06. The second kappa shape index (κ2) is 7.79. The lowest BCUT2D eigenvalue weighted by atomic mass is 10.2. The monoisotopic (exact) mass is 340 g/mol. The minimum absolute atomic E-state index is 0.167. The number of benzene rings is 1. The number of piperazine rings is 1. The third kappa shape index (κ3) is 3.96. The maximum Gasteiger partial charge on any atom is 0.253 e. The van der Waals surface area contributed by atoms with Crippen molar-refractivity contribution in [2.45, 2.75) is 0 Å². The number of amides is 1. The van der Waals surface area contributed by atoms with Crippen molar-refractivity contribution in [3.63, 3.8) is 0 Å². The zero-order chi connectivity index (χ0) is 17.6. The molecule has 0 bridgehead atoms. The van der Waals surface area contributed by atoms with Gasteiger partial charge in [0.05, 0.1) is 23.1 Å². The summed E-state index contributed by atoms with van der Waals surface area (Å²) in [4.78, 5) is 20.4. The largest absolute Gasteiger partial charge is 0.367 e. The van der Waals surface area contributed by atoms with Crippen LogP contribution in [0.3, 0.4) is 0 Å². The third-order valence-electron chi connectivity index (χ3n) is 4.23. The van der Waals surface area contributed by atoms with Gasteiger partial charge in [-0.2, -0.15) is 0 Å². The topological polar surface area (TPSA) is 48.5 Å². The Bertz CT molecular complexity index is 757. The summed E-state index contributed by atoms with van der Waals surface area (Å²) >= 11 is 0. The predicted octanol–water partition coefficient (Wildman–Crippen LogP) is 2.46. The summed E-state index contributed by atoms with van der Waals surface area (Å²) in [7, 11) is 0. The van der Waals surface area contributed by atoms with Gasteiger partial charge in [-0.05, 0) is 18.2 Å². The summed E-state index contributed by atoms with van der Waals surface area (Å²) < 4.78 is 13.9. The molecule has 5 nitrogen and oxygen atoms in total. The Morgan fingerprint density at radius 3 is 2.64 bits per heavy atom. The molecule has 0 aliphatic carbocycles. The van der Waals surface area contributed by atoms with E-state index in [-0.39, 0.29) is 11.7 Å². The minimum Gasteiger partial charge on any atom is -0.367 e. The highest BCUT2D eigenvalue weighted by molar-refractivity contribution is 5.94. The molecule has 25 heavy (non-hydrogen) atoms. The fraction of sp³-hybridized carbons (Fsp3) is 0.263. The van der Waals surface area contributed by atoms with Crippen molar-refractivity contribution in [3.05, 3.63) is 66.8 Å². The summed E-state index contributed by atoms with van der Waals surface area (Å²) in [6.45, 7) is 6.93. The van der Waals surface area contributed by atoms with E-state index in [2.05, 4.69) is 21.8 Å². The number of rotatable bonds is 5. The summed E-state index contributed by atoms with van der Waals surface area (Å²) in [5.74, 6) is -0.363. The maximum atomic E-state index is 13.9. The SMILES string of the molecule is C=CCNC(=O)c1cncc(N2CCN(c3ccccc3F)CC2)c1. The quantitative estimate of drug-likeness (QED) is 0.850. The number of hydrogen-bond donors (Lipinski definition) is 1. The molecule has 3 rings (SSSR count). The highest BCUT2D eigenvalue weighted by atomic mass is 19.1. The smallest absolute Gasteiger partial charge is 0.253 e. The molecule has 0 radical (unpaired) electrons. The van der Waals surface area contributed by atoms with Crippen molar-refractivity contribution in [1.82, 2.24) is 10.3 Å². The van der Waals surface area contributed by atoms with Gasteiger partial charge >= 0.3 is 0 Å². The molecule has 1 aromatic heterocycles. The van der Waals surface area contributed by atoms with E-state index in [1.54, 1.807) is 30.6 Å². The number of nitrogens with one attached hydrogen (secondary N) is 1. The highest BCUT2D eigenvalue weighted by Gasteiger charge is 2.20. The molecule has 0 spiro atoms. The molecule has 1 amide bonds. The molecule has 2 aromatic rings. The number of anilines is 2. The molecule has 0 saturated carbocycles. The lowest BCUT2D eigenvalue weighted by Gasteiger charge is -2.37. The molecular weight excluding hydrogens is 319 g/mol. The van der Waals surface area contributed by atoms with E-state index in [9.17, 15) is 9.18 Å². The van der Waals surface area contributed by atoms with E-state index < -0.39 is 0 Å². The van der Waals surface area contributed by atoms with E-state index in [4.69, 9.17) is 0 Å². The van der Waals surface area contributed by atoms with E-state index >= 15 is 0 Å². The number of carbonyl (C=O) groups is 1. The molecule has 130 valence electrons. The first-order valence-electron chi connectivity index (χ1n) is 8.27. The Hall–Kier alpha value is -2.89. The van der Waals surface area contributed by atoms with E-state index in [1.807, 2.05) is 17.0 Å². The van der Waals surface area contributed by atoms with Crippen LogP contribution < -0.4 is 15.1 Å². The van der Waals surface area contributed by atoms with E-state index in [0.29, 0.717) is 30.9 Å². The second-order valence-corrected chi connectivity index (χ2v) is 5.86. The van der Waals surface area contributed by atoms with Crippen LogP contribution in [0.2, 0.25) is 0 Å². The van der Waals surface area contributed by atoms with Crippen LogP contribution in [-0.4, -0.2) is 43.6 Å². The highest BCUT2D eigenvalue weighted by Crippen LogP contribution is 2.22. The third-order valence-corrected chi connectivity index (χ3v) is 4.23. The van der Waals surface area contributed by atoms with Gasteiger partial charge < -0.3 is 15.1 Å². The van der Waals surface area contributed by atoms with Crippen molar-refractivity contribution in [2.24, 2.45) is 0 Å². The summed E-state index contributed by atoms with van der Waals surface area (Å²) in [6.07, 6.45) is 4.94. The number of pyridine rings is 1. The zero-order valence-corrected chi connectivity index (χ0v) is 14.0. The van der Waals surface area contributed by atoms with Crippen molar-refractivity contribution >= 4 is 17.3 Å². The zero-order valence-electron chi connectivity index (χ0n) is 14.0. The minimum atomic E-state index is -0.196. The Morgan fingerprint density at radius 1 is 1.20 bits per heavy atom. The van der Waals surface area contributed by atoms with Crippen LogP contribution >= 0.6 is 0 Å². The molecule has 1 aliphatic heterocycles. The van der Waals surface area contributed by atoms with Gasteiger partial charge in [0.1, 0.15) is 5.82 Å². The predicted molar refractivity (Wildman–Crippen MR) is 97.6 cm³/mol. The number of nitrogens with zero attached hydrogens (tertiary/aromatic N) is 3. The van der Waals surface area contributed by atoms with Crippen LogP contribution in [0, 0.1) is 5.82 Å². The Kier molecular flexibility index (Phi) is 5.28. The van der Waals surface area contributed by atoms with Crippen molar-refractivity contribution in [1.29, 1.82) is 0 Å². The van der Waals surface area contributed by atoms with Gasteiger partial charge in [0.15, 0.2) is 0 Å². The number of hydrogen-bond acceptors (Lipinski definition) is 4. The maximum absolute atomic E-state index is 13.9. The summed E-state index contributed by atoms with van der Waals surface area (Å²) in [5, 5.41) is 2.75. The van der Waals surface area contributed by atoms with Crippen molar-refractivity contribution in [3.8, 4) is 0 Å². The first-order valence-corrected chi connectivity index (χ1v) is 8.27. The van der Waals surface area contributed by atoms with Crippen LogP contribution in [0.15, 0.2) is 55.4 Å². The molecule has 0 unspecified atom stereocenters. The molecule has 2 heterocycles. The van der Waals surface area contributed by atoms with E-state index in [1.165, 1.54) is 6.07 Å². The molecule has 1 fully saturated rings. The average Bonchev–Trinajstić information content (AvgIpc) is 2.67. The Morgan fingerprint density at radius 2 is 1.92 bits per heavy atom. The lowest BCUT2D eigenvalue weighted by Crippen LogP contribution is -2.47. The number of carbonyl (C=O) groups excluding carboxylic acids is 1. The van der Waals surface area contributed by atoms with Gasteiger partial charge in [-0.1, -0.05) is 18.2 Å². The van der Waals surface area contributed by atoms with Gasteiger partial charge in [-0.25, -0.2) is 4.39 Å². The van der Waals surface area contributed by atoms with Crippen LogP contribution in [0.1, 0.15) is 10.4 Å². The first kappa shape index (κ1) is 17.0.